The number of carbonyl (C=O) groups is 2. The normalized spacial score (nSPS) is 31.2. The van der Waals surface area contributed by atoms with Crippen molar-refractivity contribution in [3.8, 4) is 11.1 Å². The molecule has 4 aromatic rings. The molecule has 7 aliphatic carbocycles. The van der Waals surface area contributed by atoms with Gasteiger partial charge in [0.25, 0.3) is 0 Å². The highest BCUT2D eigenvalue weighted by Crippen LogP contribution is 2.62. The third kappa shape index (κ3) is 8.52. The number of nitrogens with one attached hydrogen (secondary N) is 1. The fraction of sp³-hybridized carbons (Fsp3) is 0.491. The van der Waals surface area contributed by atoms with E-state index in [1.807, 2.05) is 71.6 Å². The van der Waals surface area contributed by atoms with E-state index < -0.39 is 17.1 Å². The Labute approximate surface area is 363 Å². The number of nitrogens with zero attached hydrogens (tertiary/aromatic N) is 1. The maximum atomic E-state index is 14.9. The van der Waals surface area contributed by atoms with Crippen molar-refractivity contribution < 1.29 is 19.8 Å². The molecule has 5 atom stereocenters. The number of hydrogen-bond acceptors (Lipinski definition) is 4. The number of aliphatic hydroxyl groups excluding tert-OH is 1. The lowest BCUT2D eigenvalue weighted by Gasteiger charge is -2.58. The zero-order valence-electron chi connectivity index (χ0n) is 36.6. The molecule has 4 aromatic carbocycles. The van der Waals surface area contributed by atoms with Crippen LogP contribution in [0.4, 0.5) is 4.79 Å². The number of aliphatic hydroxyl groups is 2. The molecule has 5 fully saturated rings. The van der Waals surface area contributed by atoms with Crippen molar-refractivity contribution in [2.45, 2.75) is 128 Å². The van der Waals surface area contributed by atoms with Crippen LogP contribution in [-0.4, -0.2) is 51.7 Å². The summed E-state index contributed by atoms with van der Waals surface area (Å²) in [6, 6.07) is 34.3. The Bertz CT molecular complexity index is 2200. The van der Waals surface area contributed by atoms with Crippen LogP contribution in [0.3, 0.4) is 0 Å². The number of urea groups is 1. The van der Waals surface area contributed by atoms with Gasteiger partial charge in [0.1, 0.15) is 0 Å². The first-order chi connectivity index (χ1) is 29.4. The lowest BCUT2D eigenvalue weighted by molar-refractivity contribution is -0.0985. The lowest BCUT2D eigenvalue weighted by Crippen LogP contribution is -2.59. The van der Waals surface area contributed by atoms with E-state index in [0.29, 0.717) is 49.8 Å². The molecule has 320 valence electrons. The van der Waals surface area contributed by atoms with Crippen LogP contribution >= 0.6 is 0 Å². The highest BCUT2D eigenvalue weighted by atomic mass is 16.3. The van der Waals surface area contributed by atoms with Crippen molar-refractivity contribution in [1.82, 2.24) is 10.2 Å². The monoisotopic (exact) mass is 819 g/mol. The fourth-order valence-corrected chi connectivity index (χ4v) is 13.3. The smallest absolute Gasteiger partial charge is 0.317 e. The van der Waals surface area contributed by atoms with Crippen LogP contribution in [0.1, 0.15) is 142 Å². The second-order valence-electron chi connectivity index (χ2n) is 20.6. The molecule has 0 aromatic heterocycles. The third-order valence-corrected chi connectivity index (χ3v) is 16.2. The molecule has 3 N–H and O–H groups in total. The second-order valence-corrected chi connectivity index (χ2v) is 20.6. The quantitative estimate of drug-likeness (QED) is 0.116. The molecule has 7 aliphatic rings. The molecule has 0 heterocycles. The summed E-state index contributed by atoms with van der Waals surface area (Å²) < 4.78 is 0. The molecule has 0 saturated heterocycles. The summed E-state index contributed by atoms with van der Waals surface area (Å²) in [7, 11) is 0. The first kappa shape index (κ1) is 41.8. The van der Waals surface area contributed by atoms with E-state index in [1.165, 1.54) is 44.1 Å². The average Bonchev–Trinajstić information content (AvgIpc) is 3.50. The number of ketones is 1. The van der Waals surface area contributed by atoms with Gasteiger partial charge in [0, 0.05) is 23.1 Å². The van der Waals surface area contributed by atoms with Crippen molar-refractivity contribution in [2.24, 2.45) is 28.6 Å². The van der Waals surface area contributed by atoms with Gasteiger partial charge in [0.15, 0.2) is 5.78 Å². The molecule has 0 aliphatic heterocycles. The van der Waals surface area contributed by atoms with Crippen molar-refractivity contribution in [3.63, 3.8) is 0 Å². The highest BCUT2D eigenvalue weighted by Gasteiger charge is 2.59. The minimum absolute atomic E-state index is 0.0377. The predicted octanol–water partition coefficient (Wildman–Crippen LogP) is 11.6. The van der Waals surface area contributed by atoms with Crippen LogP contribution in [0.2, 0.25) is 0 Å². The van der Waals surface area contributed by atoms with E-state index in [9.17, 15) is 19.8 Å². The first-order valence-corrected chi connectivity index (χ1v) is 23.4. The van der Waals surface area contributed by atoms with Crippen molar-refractivity contribution in [2.75, 3.05) is 13.1 Å². The average molecular weight is 819 g/mol. The van der Waals surface area contributed by atoms with E-state index in [1.54, 1.807) is 0 Å². The van der Waals surface area contributed by atoms with Crippen molar-refractivity contribution >= 4 is 11.8 Å². The van der Waals surface area contributed by atoms with Crippen LogP contribution in [0.25, 0.3) is 11.1 Å². The molecule has 11 rings (SSSR count). The Hall–Kier alpha value is -4.52. The minimum Gasteiger partial charge on any atom is -0.393 e. The van der Waals surface area contributed by atoms with E-state index in [0.717, 1.165) is 58.4 Å². The molecule has 0 radical (unpaired) electrons. The molecule has 6 bridgehead atoms. The molecular weight excluding hydrogens is 753 g/mol. The molecule has 0 spiro atoms. The molecule has 2 amide bonds. The Kier molecular flexibility index (Phi) is 11.6. The van der Waals surface area contributed by atoms with E-state index >= 15 is 0 Å². The molecular formula is C55H66N2O4. The topological polar surface area (TPSA) is 89.9 Å². The Balaban J connectivity index is 1.08. The fourth-order valence-electron chi connectivity index (χ4n) is 13.3. The number of fused-ring (bicyclic) bond motifs is 8. The van der Waals surface area contributed by atoms with Gasteiger partial charge in [-0.25, -0.2) is 4.79 Å². The zero-order chi connectivity index (χ0) is 42.4. The van der Waals surface area contributed by atoms with Gasteiger partial charge in [-0.05, 0) is 160 Å². The summed E-state index contributed by atoms with van der Waals surface area (Å²) >= 11 is 0. The summed E-state index contributed by atoms with van der Waals surface area (Å²) in [5.74, 6) is 2.09. The first-order valence-electron chi connectivity index (χ1n) is 23.4. The van der Waals surface area contributed by atoms with Gasteiger partial charge in [-0.2, -0.15) is 0 Å². The number of amides is 2. The number of allylic oxidation sites excluding steroid dienone is 2. The summed E-state index contributed by atoms with van der Waals surface area (Å²) in [5.41, 5.74) is 5.90. The summed E-state index contributed by atoms with van der Waals surface area (Å²) in [6.07, 6.45) is 14.0. The van der Waals surface area contributed by atoms with Gasteiger partial charge >= 0.3 is 6.03 Å². The zero-order valence-corrected chi connectivity index (χ0v) is 36.6. The molecule has 5 saturated carbocycles. The Morgan fingerprint density at radius 1 is 0.803 bits per heavy atom. The number of carbonyl (C=O) groups excluding carboxylic acids is 2. The van der Waals surface area contributed by atoms with Crippen molar-refractivity contribution in [3.05, 3.63) is 143 Å². The lowest BCUT2D eigenvalue weighted by atomic mass is 9.49. The van der Waals surface area contributed by atoms with Crippen LogP contribution in [0, 0.1) is 28.6 Å². The predicted molar refractivity (Wildman–Crippen MR) is 244 cm³/mol. The summed E-state index contributed by atoms with van der Waals surface area (Å²) in [6.45, 7) is 7.38. The van der Waals surface area contributed by atoms with Gasteiger partial charge in [-0.3, -0.25) is 4.79 Å². The molecule has 61 heavy (non-hydrogen) atoms. The molecule has 6 heteroatoms. The van der Waals surface area contributed by atoms with E-state index in [2.05, 4.69) is 68.6 Å². The van der Waals surface area contributed by atoms with Gasteiger partial charge in [-0.1, -0.05) is 116 Å². The van der Waals surface area contributed by atoms with Gasteiger partial charge in [-0.15, -0.1) is 0 Å². The van der Waals surface area contributed by atoms with E-state index in [4.69, 9.17) is 0 Å². The number of benzene rings is 4. The van der Waals surface area contributed by atoms with Gasteiger partial charge in [0.05, 0.1) is 24.3 Å². The second kappa shape index (κ2) is 17.0. The summed E-state index contributed by atoms with van der Waals surface area (Å²) in [5, 5.41) is 28.1. The molecule has 5 unspecified atom stereocenters. The maximum Gasteiger partial charge on any atom is 0.317 e. The van der Waals surface area contributed by atoms with Gasteiger partial charge < -0.3 is 20.4 Å². The van der Waals surface area contributed by atoms with Crippen LogP contribution < -0.4 is 5.32 Å². The SMILES string of the molecule is CC1=CCCC2(C)C(CCC2(O)CN(CC23CC4CC(CC(C4)C2)C3)C(=O)NC(C)c2ccccc2)c2ccc(cc2C(=O)c2ccc(-c3ccccc3)cc2)CC(O)CC1. The van der Waals surface area contributed by atoms with Crippen LogP contribution in [0.15, 0.2) is 115 Å². The Morgan fingerprint density at radius 3 is 2.11 bits per heavy atom. The maximum absolute atomic E-state index is 14.9. The van der Waals surface area contributed by atoms with Crippen LogP contribution in [0.5, 0.6) is 0 Å². The number of rotatable bonds is 9. The standard InChI is InChI=1S/C55H66N2O4/c1-37-11-10-25-53(3)50(48-23-17-39(30-47(58)22-16-37)31-49(48)51(59)46-20-18-45(19-21-46)44-14-8-5-9-15-44)24-26-55(53,61)36-57(52(60)56-38(2)43-12-6-4-7-13-43)35-54-32-40-27-41(33-54)29-42(28-40)34-54/h4-9,11-15,17-21,23,31,38,40-42,47,50,58,61H,10,16,22,24-30,32-36H2,1-3H3,(H,56,60). The Morgan fingerprint density at radius 2 is 1.44 bits per heavy atom. The molecule has 6 nitrogen and oxygen atoms in total. The summed E-state index contributed by atoms with van der Waals surface area (Å²) in [4.78, 5) is 31.7. The highest BCUT2D eigenvalue weighted by molar-refractivity contribution is 6.10. The van der Waals surface area contributed by atoms with E-state index in [-0.39, 0.29) is 35.7 Å². The largest absolute Gasteiger partial charge is 0.393 e. The number of hydrogen-bond donors (Lipinski definition) is 3. The third-order valence-electron chi connectivity index (χ3n) is 16.2. The van der Waals surface area contributed by atoms with Crippen molar-refractivity contribution in [1.29, 1.82) is 0 Å². The van der Waals surface area contributed by atoms with Crippen LogP contribution in [-0.2, 0) is 6.42 Å². The van der Waals surface area contributed by atoms with Gasteiger partial charge in [0.2, 0.25) is 0 Å². The minimum atomic E-state index is -1.20.